The van der Waals surface area contributed by atoms with Crippen LogP contribution in [0.4, 0.5) is 11.5 Å². The number of carbonyl (C=O) groups excluding carboxylic acids is 2. The van der Waals surface area contributed by atoms with Gasteiger partial charge in [0, 0.05) is 51.5 Å². The Balaban J connectivity index is 1.53. The third-order valence-electron chi connectivity index (χ3n) is 6.42. The van der Waals surface area contributed by atoms with E-state index in [1.54, 1.807) is 19.2 Å². The molecule has 10 nitrogen and oxygen atoms in total. The van der Waals surface area contributed by atoms with E-state index in [0.717, 1.165) is 25.2 Å². The summed E-state index contributed by atoms with van der Waals surface area (Å²) in [5, 5.41) is 11.8. The maximum absolute atomic E-state index is 13.5. The van der Waals surface area contributed by atoms with Gasteiger partial charge >= 0.3 is 0 Å². The summed E-state index contributed by atoms with van der Waals surface area (Å²) in [5.74, 6) is -0.654. The first-order chi connectivity index (χ1) is 20.2. The zero-order valence-corrected chi connectivity index (χ0v) is 26.7. The number of rotatable bonds is 10. The van der Waals surface area contributed by atoms with Crippen molar-refractivity contribution in [3.8, 4) is 5.75 Å². The number of anilines is 2. The maximum atomic E-state index is 13.5. The van der Waals surface area contributed by atoms with E-state index in [2.05, 4.69) is 25.8 Å². The lowest BCUT2D eigenvalue weighted by Crippen LogP contribution is -2.45. The number of thiophene rings is 1. The monoisotopic (exact) mass is 670 g/mol. The number of hydrogen-bond donors (Lipinski definition) is 3. The Labute approximate surface area is 268 Å². The smallest absolute Gasteiger partial charge is 0.267 e. The second kappa shape index (κ2) is 15.1. The van der Waals surface area contributed by atoms with Gasteiger partial charge in [0.15, 0.2) is 10.9 Å². The number of benzene rings is 1. The summed E-state index contributed by atoms with van der Waals surface area (Å²) in [6, 6.07) is 6.14. The molecule has 15 heteroatoms. The minimum atomic E-state index is -0.537. The van der Waals surface area contributed by atoms with Crippen molar-refractivity contribution in [2.75, 3.05) is 64.2 Å². The number of hydrogen-bond acceptors (Lipinski definition) is 8. The maximum Gasteiger partial charge on any atom is 0.267 e. The molecule has 0 aliphatic carbocycles. The van der Waals surface area contributed by atoms with Crippen LogP contribution in [0.25, 0.3) is 0 Å². The van der Waals surface area contributed by atoms with Crippen LogP contribution in [0.1, 0.15) is 25.6 Å². The predicted octanol–water partition coefficient (Wildman–Crippen LogP) is 5.26. The second-order valence-electron chi connectivity index (χ2n) is 9.11. The molecule has 1 aliphatic rings. The van der Waals surface area contributed by atoms with Gasteiger partial charge in [-0.25, -0.2) is 4.98 Å². The molecule has 0 bridgehead atoms. The summed E-state index contributed by atoms with van der Waals surface area (Å²) >= 11 is 25.7. The average Bonchev–Trinajstić information content (AvgIpc) is 3.36. The van der Waals surface area contributed by atoms with Crippen molar-refractivity contribution >= 4 is 86.8 Å². The van der Waals surface area contributed by atoms with Crippen molar-refractivity contribution in [1.82, 2.24) is 20.1 Å². The van der Waals surface area contributed by atoms with E-state index in [9.17, 15) is 9.59 Å². The van der Waals surface area contributed by atoms with Crippen LogP contribution < -0.4 is 20.7 Å². The van der Waals surface area contributed by atoms with E-state index in [1.807, 2.05) is 10.3 Å². The number of carbonyl (C=O) groups is 2. The Kier molecular flexibility index (Phi) is 11.6. The molecule has 0 spiro atoms. The summed E-state index contributed by atoms with van der Waals surface area (Å²) in [4.78, 5) is 35.4. The molecule has 3 N–H and O–H groups in total. The minimum Gasteiger partial charge on any atom is -0.493 e. The van der Waals surface area contributed by atoms with Crippen LogP contribution in [0.3, 0.4) is 0 Å². The van der Waals surface area contributed by atoms with Crippen LogP contribution in [-0.4, -0.2) is 85.3 Å². The fraction of sp³-hybridized carbons (Fsp3) is 0.333. The molecular weight excluding hydrogens is 643 g/mol. The molecule has 0 radical (unpaired) electrons. The third-order valence-corrected chi connectivity index (χ3v) is 8.98. The Morgan fingerprint density at radius 3 is 2.57 bits per heavy atom. The summed E-state index contributed by atoms with van der Waals surface area (Å²) in [7, 11) is 3.17. The molecule has 3 heterocycles. The molecule has 1 fully saturated rings. The van der Waals surface area contributed by atoms with Crippen LogP contribution in [0, 0.1) is 0 Å². The summed E-state index contributed by atoms with van der Waals surface area (Å²) < 4.78 is 10.9. The van der Waals surface area contributed by atoms with Crippen LogP contribution in [0.15, 0.2) is 35.8 Å². The highest BCUT2D eigenvalue weighted by molar-refractivity contribution is 7.80. The highest BCUT2D eigenvalue weighted by Gasteiger charge is 2.25. The van der Waals surface area contributed by atoms with Gasteiger partial charge in [-0.2, -0.15) is 0 Å². The fourth-order valence-corrected chi connectivity index (χ4v) is 5.96. The Bertz CT molecular complexity index is 1430. The molecule has 1 aromatic carbocycles. The zero-order valence-electron chi connectivity index (χ0n) is 22.8. The molecule has 0 saturated carbocycles. The van der Waals surface area contributed by atoms with Crippen LogP contribution in [0.2, 0.25) is 15.1 Å². The van der Waals surface area contributed by atoms with Gasteiger partial charge in [0.1, 0.15) is 10.7 Å². The number of methoxy groups -OCH3 is 1. The topological polar surface area (TPSA) is 108 Å². The molecule has 0 atom stereocenters. The number of morpholine rings is 1. The van der Waals surface area contributed by atoms with E-state index in [1.165, 1.54) is 36.8 Å². The van der Waals surface area contributed by atoms with Crippen molar-refractivity contribution in [1.29, 1.82) is 0 Å². The standard InChI is InChI=1S/C27H29Cl3N6O4S2/c1-31-27(41)36(8-7-35-9-11-40-12-10-35)14-16-15-42-24(21(16)30)26(38)34-22-18(4-5-19(29)23(22)39-2)25(37)33-20-6-3-17(28)13-32-20/h3-6,13,15H,7-12,14H2,1-2H3,(H,31,41)(H,34,38)(H,32,33,37). The van der Waals surface area contributed by atoms with E-state index >= 15 is 0 Å². The zero-order chi connectivity index (χ0) is 30.2. The highest BCUT2D eigenvalue weighted by atomic mass is 35.5. The predicted molar refractivity (Wildman–Crippen MR) is 172 cm³/mol. The van der Waals surface area contributed by atoms with E-state index < -0.39 is 11.8 Å². The Hall–Kier alpha value is -2.71. The van der Waals surface area contributed by atoms with Crippen molar-refractivity contribution in [2.45, 2.75) is 6.54 Å². The first kappa shape index (κ1) is 32.2. The molecule has 1 aliphatic heterocycles. The first-order valence-corrected chi connectivity index (χ1v) is 15.3. The molecule has 224 valence electrons. The van der Waals surface area contributed by atoms with Crippen LogP contribution >= 0.6 is 58.4 Å². The third kappa shape index (κ3) is 8.01. The Morgan fingerprint density at radius 2 is 1.90 bits per heavy atom. The van der Waals surface area contributed by atoms with Crippen molar-refractivity contribution in [3.05, 3.63) is 66.9 Å². The summed E-state index contributed by atoms with van der Waals surface area (Å²) in [6.45, 7) is 5.06. The van der Waals surface area contributed by atoms with Crippen molar-refractivity contribution < 1.29 is 19.1 Å². The van der Waals surface area contributed by atoms with Gasteiger partial charge < -0.3 is 30.3 Å². The van der Waals surface area contributed by atoms with Gasteiger partial charge in [0.05, 0.1) is 46.6 Å². The number of nitrogens with one attached hydrogen (secondary N) is 3. The van der Waals surface area contributed by atoms with Crippen molar-refractivity contribution in [2.24, 2.45) is 0 Å². The van der Waals surface area contributed by atoms with Crippen LogP contribution in [0.5, 0.6) is 5.75 Å². The average molecular weight is 672 g/mol. The summed E-state index contributed by atoms with van der Waals surface area (Å²) in [5.41, 5.74) is 0.954. The van der Waals surface area contributed by atoms with Crippen LogP contribution in [-0.2, 0) is 11.3 Å². The Morgan fingerprint density at radius 1 is 1.14 bits per heavy atom. The normalized spacial score (nSPS) is 13.4. The lowest BCUT2D eigenvalue weighted by molar-refractivity contribution is 0.0357. The number of ether oxygens (including phenoxy) is 2. The molecule has 4 rings (SSSR count). The quantitative estimate of drug-likeness (QED) is 0.249. The lowest BCUT2D eigenvalue weighted by Gasteiger charge is -2.31. The summed E-state index contributed by atoms with van der Waals surface area (Å²) in [6.07, 6.45) is 1.41. The largest absolute Gasteiger partial charge is 0.493 e. The second-order valence-corrected chi connectivity index (χ2v) is 11.6. The van der Waals surface area contributed by atoms with Gasteiger partial charge in [-0.3, -0.25) is 14.5 Å². The number of nitrogens with zero attached hydrogens (tertiary/aromatic N) is 3. The van der Waals surface area contributed by atoms with E-state index in [0.29, 0.717) is 41.5 Å². The molecule has 3 aromatic rings. The number of pyridine rings is 1. The van der Waals surface area contributed by atoms with Gasteiger partial charge in [-0.1, -0.05) is 34.8 Å². The number of thiocarbonyl (C=S) groups is 1. The molecule has 0 unspecified atom stereocenters. The van der Waals surface area contributed by atoms with Gasteiger partial charge in [-0.15, -0.1) is 11.3 Å². The SMILES string of the molecule is CNC(=S)N(CCN1CCOCC1)Cc1csc(C(=O)Nc2c(C(=O)Nc3ccc(Cl)cn3)ccc(Cl)c2OC)c1Cl. The molecule has 1 saturated heterocycles. The van der Waals surface area contributed by atoms with Gasteiger partial charge in [-0.05, 0) is 41.9 Å². The lowest BCUT2D eigenvalue weighted by atomic mass is 10.1. The molecule has 2 amide bonds. The van der Waals surface area contributed by atoms with E-state index in [4.69, 9.17) is 56.5 Å². The molecular formula is C27H29Cl3N6O4S2. The molecule has 42 heavy (non-hydrogen) atoms. The minimum absolute atomic E-state index is 0.0935. The first-order valence-electron chi connectivity index (χ1n) is 12.8. The van der Waals surface area contributed by atoms with E-state index in [-0.39, 0.29) is 32.7 Å². The van der Waals surface area contributed by atoms with Gasteiger partial charge in [0.25, 0.3) is 11.8 Å². The highest BCUT2D eigenvalue weighted by Crippen LogP contribution is 2.38. The molecule has 2 aromatic heterocycles. The van der Waals surface area contributed by atoms with Crippen molar-refractivity contribution in [3.63, 3.8) is 0 Å². The fourth-order valence-electron chi connectivity index (χ4n) is 4.22. The number of aromatic nitrogens is 1. The van der Waals surface area contributed by atoms with Gasteiger partial charge in [0.2, 0.25) is 0 Å². The number of amides is 2. The number of halogens is 3.